The summed E-state index contributed by atoms with van der Waals surface area (Å²) in [5.74, 6) is 1.27. The maximum Gasteiger partial charge on any atom is 0.242 e. The highest BCUT2D eigenvalue weighted by Crippen LogP contribution is 2.28. The number of methoxy groups -OCH3 is 2. The summed E-state index contributed by atoms with van der Waals surface area (Å²) < 4.78 is 10.8. The Morgan fingerprint density at radius 3 is 2.34 bits per heavy atom. The lowest BCUT2D eigenvalue weighted by Gasteiger charge is -2.30. The van der Waals surface area contributed by atoms with Crippen molar-refractivity contribution in [3.8, 4) is 11.5 Å². The van der Waals surface area contributed by atoms with Crippen LogP contribution in [-0.2, 0) is 29.0 Å². The fraction of sp³-hybridized carbons (Fsp3) is 0.407. The fourth-order valence-electron chi connectivity index (χ4n) is 3.82. The molecular formula is C27H34N2O4S2. The Hall–Kier alpha value is -2.84. The summed E-state index contributed by atoms with van der Waals surface area (Å²) in [6.07, 6.45) is 0.986. The predicted molar refractivity (Wildman–Crippen MR) is 143 cm³/mol. The Bertz CT molecular complexity index is 1110. The van der Waals surface area contributed by atoms with Gasteiger partial charge < -0.3 is 19.3 Å². The molecule has 2 heterocycles. The van der Waals surface area contributed by atoms with E-state index in [1.165, 1.54) is 4.88 Å². The quantitative estimate of drug-likeness (QED) is 0.334. The molecule has 3 aromatic rings. The van der Waals surface area contributed by atoms with E-state index in [1.54, 1.807) is 41.8 Å². The molecule has 35 heavy (non-hydrogen) atoms. The number of ether oxygens (including phenoxy) is 2. The summed E-state index contributed by atoms with van der Waals surface area (Å²) in [6.45, 7) is 7.10. The van der Waals surface area contributed by atoms with Gasteiger partial charge in [0.05, 0.1) is 33.7 Å². The Kier molecular flexibility index (Phi) is 9.74. The zero-order valence-corrected chi connectivity index (χ0v) is 22.7. The Morgan fingerprint density at radius 1 is 0.971 bits per heavy atom. The average Bonchev–Trinajstić information content (AvgIpc) is 3.50. The van der Waals surface area contributed by atoms with E-state index in [2.05, 4.69) is 19.1 Å². The van der Waals surface area contributed by atoms with Gasteiger partial charge in [0.15, 0.2) is 11.5 Å². The average molecular weight is 515 g/mol. The molecule has 0 bridgehead atoms. The molecule has 0 aliphatic carbocycles. The van der Waals surface area contributed by atoms with Gasteiger partial charge >= 0.3 is 0 Å². The van der Waals surface area contributed by atoms with Gasteiger partial charge in [0.2, 0.25) is 11.8 Å². The molecule has 0 aliphatic heterocycles. The van der Waals surface area contributed by atoms with Crippen LogP contribution >= 0.6 is 22.7 Å². The molecule has 8 heteroatoms. The zero-order chi connectivity index (χ0) is 25.4. The van der Waals surface area contributed by atoms with Crippen LogP contribution in [0.25, 0.3) is 0 Å². The highest BCUT2D eigenvalue weighted by molar-refractivity contribution is 7.11. The largest absolute Gasteiger partial charge is 0.493 e. The van der Waals surface area contributed by atoms with Crippen LogP contribution in [0.1, 0.15) is 34.0 Å². The van der Waals surface area contributed by atoms with Crippen molar-refractivity contribution in [2.24, 2.45) is 0 Å². The Morgan fingerprint density at radius 2 is 1.74 bits per heavy atom. The SMILES string of the molecule is COc1ccc(CCN(Cc2ccc(C)s2)C(=O)CN(C(=O)Cc2cccs2)C(C)C)cc1OC. The summed E-state index contributed by atoms with van der Waals surface area (Å²) in [7, 11) is 3.23. The molecule has 2 aromatic heterocycles. The van der Waals surface area contributed by atoms with E-state index in [9.17, 15) is 9.59 Å². The first-order valence-electron chi connectivity index (χ1n) is 11.7. The minimum atomic E-state index is -0.0666. The molecule has 0 saturated carbocycles. The van der Waals surface area contributed by atoms with Crippen LogP contribution in [0.5, 0.6) is 11.5 Å². The second-order valence-corrected chi connectivity index (χ2v) is 11.0. The number of hydrogen-bond donors (Lipinski definition) is 0. The number of aryl methyl sites for hydroxylation is 1. The number of carbonyl (C=O) groups is 2. The summed E-state index contributed by atoms with van der Waals surface area (Å²) >= 11 is 3.25. The first kappa shape index (κ1) is 26.8. The smallest absolute Gasteiger partial charge is 0.242 e. The normalized spacial score (nSPS) is 10.9. The van der Waals surface area contributed by atoms with E-state index in [1.807, 2.05) is 54.5 Å². The van der Waals surface area contributed by atoms with Crippen molar-refractivity contribution in [1.29, 1.82) is 0 Å². The summed E-state index contributed by atoms with van der Waals surface area (Å²) in [6, 6.07) is 13.8. The number of hydrogen-bond acceptors (Lipinski definition) is 6. The molecule has 0 aliphatic rings. The number of nitrogens with zero attached hydrogens (tertiary/aromatic N) is 2. The minimum Gasteiger partial charge on any atom is -0.493 e. The molecule has 0 N–H and O–H groups in total. The van der Waals surface area contributed by atoms with Gasteiger partial charge in [0.25, 0.3) is 0 Å². The van der Waals surface area contributed by atoms with Gasteiger partial charge in [-0.2, -0.15) is 0 Å². The van der Waals surface area contributed by atoms with Crippen LogP contribution in [0.15, 0.2) is 47.8 Å². The van der Waals surface area contributed by atoms with E-state index >= 15 is 0 Å². The van der Waals surface area contributed by atoms with Gasteiger partial charge in [-0.3, -0.25) is 9.59 Å². The van der Waals surface area contributed by atoms with Crippen LogP contribution < -0.4 is 9.47 Å². The van der Waals surface area contributed by atoms with E-state index in [0.29, 0.717) is 37.4 Å². The number of thiophene rings is 2. The molecule has 0 atom stereocenters. The Labute approximate surface area is 216 Å². The molecular weight excluding hydrogens is 480 g/mol. The van der Waals surface area contributed by atoms with Crippen LogP contribution in [0.2, 0.25) is 0 Å². The molecule has 0 spiro atoms. The molecule has 6 nitrogen and oxygen atoms in total. The third-order valence-electron chi connectivity index (χ3n) is 5.77. The van der Waals surface area contributed by atoms with Crippen molar-refractivity contribution in [3.05, 3.63) is 68.0 Å². The van der Waals surface area contributed by atoms with E-state index in [4.69, 9.17) is 9.47 Å². The van der Waals surface area contributed by atoms with Crippen LogP contribution in [0.4, 0.5) is 0 Å². The first-order chi connectivity index (χ1) is 16.8. The lowest BCUT2D eigenvalue weighted by molar-refractivity contribution is -0.141. The predicted octanol–water partition coefficient (Wildman–Crippen LogP) is 5.19. The zero-order valence-electron chi connectivity index (χ0n) is 21.1. The molecule has 188 valence electrons. The second kappa shape index (κ2) is 12.7. The van der Waals surface area contributed by atoms with E-state index in [-0.39, 0.29) is 24.4 Å². The lowest BCUT2D eigenvalue weighted by atomic mass is 10.1. The van der Waals surface area contributed by atoms with Crippen molar-refractivity contribution >= 4 is 34.5 Å². The fourth-order valence-corrected chi connectivity index (χ4v) is 5.42. The third kappa shape index (κ3) is 7.57. The molecule has 1 aromatic carbocycles. The van der Waals surface area contributed by atoms with Crippen molar-refractivity contribution < 1.29 is 19.1 Å². The summed E-state index contributed by atoms with van der Waals surface area (Å²) in [4.78, 5) is 33.4. The van der Waals surface area contributed by atoms with E-state index in [0.717, 1.165) is 15.3 Å². The monoisotopic (exact) mass is 514 g/mol. The van der Waals surface area contributed by atoms with Gasteiger partial charge in [0, 0.05) is 27.2 Å². The number of rotatable bonds is 12. The number of amides is 2. The van der Waals surface area contributed by atoms with Gasteiger partial charge in [-0.25, -0.2) is 0 Å². The van der Waals surface area contributed by atoms with Gasteiger partial charge in [0.1, 0.15) is 0 Å². The molecule has 2 amide bonds. The van der Waals surface area contributed by atoms with Crippen molar-refractivity contribution in [2.45, 2.75) is 46.2 Å². The standard InChI is InChI=1S/C27H34N2O4S2/c1-19(2)29(26(30)16-22-7-6-14-34-22)18-27(31)28(17-23-10-8-20(3)35-23)13-12-21-9-11-24(32-4)25(15-21)33-5/h6-11,14-15,19H,12-13,16-18H2,1-5H3. The number of carbonyl (C=O) groups excluding carboxylic acids is 2. The van der Waals surface area contributed by atoms with Crippen molar-refractivity contribution in [1.82, 2.24) is 9.80 Å². The first-order valence-corrected chi connectivity index (χ1v) is 13.4. The van der Waals surface area contributed by atoms with Gasteiger partial charge in [-0.1, -0.05) is 12.1 Å². The topological polar surface area (TPSA) is 59.1 Å². The highest BCUT2D eigenvalue weighted by Gasteiger charge is 2.24. The third-order valence-corrected chi connectivity index (χ3v) is 7.63. The minimum absolute atomic E-state index is 0.0254. The highest BCUT2D eigenvalue weighted by atomic mass is 32.1. The van der Waals surface area contributed by atoms with Crippen molar-refractivity contribution in [2.75, 3.05) is 27.3 Å². The molecule has 0 unspecified atom stereocenters. The van der Waals surface area contributed by atoms with Gasteiger partial charge in [-0.15, -0.1) is 22.7 Å². The second-order valence-electron chi connectivity index (χ2n) is 8.64. The molecule has 0 saturated heterocycles. The lowest BCUT2D eigenvalue weighted by Crippen LogP contribution is -2.46. The summed E-state index contributed by atoms with van der Waals surface area (Å²) in [5, 5.41) is 1.96. The molecule has 0 radical (unpaired) electrons. The van der Waals surface area contributed by atoms with Gasteiger partial charge in [-0.05, 0) is 68.5 Å². The molecule has 0 fully saturated rings. The van der Waals surface area contributed by atoms with Crippen LogP contribution in [0.3, 0.4) is 0 Å². The van der Waals surface area contributed by atoms with Crippen LogP contribution in [-0.4, -0.2) is 55.0 Å². The van der Waals surface area contributed by atoms with Crippen LogP contribution in [0, 0.1) is 6.92 Å². The summed E-state index contributed by atoms with van der Waals surface area (Å²) in [5.41, 5.74) is 1.05. The molecule has 3 rings (SSSR count). The maximum atomic E-state index is 13.5. The Balaban J connectivity index is 1.74. The van der Waals surface area contributed by atoms with Crippen molar-refractivity contribution in [3.63, 3.8) is 0 Å². The maximum absolute atomic E-state index is 13.5. The van der Waals surface area contributed by atoms with E-state index < -0.39 is 0 Å². The number of benzene rings is 1.